The first-order valence-electron chi connectivity index (χ1n) is 8.13. The quantitative estimate of drug-likeness (QED) is 0.764. The maximum Gasteiger partial charge on any atom is 0.123 e. The molecular formula is C19H23FN2S. The van der Waals surface area contributed by atoms with Crippen LogP contribution in [0.25, 0.3) is 0 Å². The third-order valence-electron chi connectivity index (χ3n) is 4.23. The van der Waals surface area contributed by atoms with E-state index < -0.39 is 0 Å². The molecule has 0 radical (unpaired) electrons. The van der Waals surface area contributed by atoms with Crippen LogP contribution < -0.4 is 4.90 Å². The number of halogens is 1. The molecule has 0 aromatic heterocycles. The monoisotopic (exact) mass is 330 g/mol. The topological polar surface area (TPSA) is 6.48 Å². The van der Waals surface area contributed by atoms with Crippen LogP contribution in [0.2, 0.25) is 0 Å². The molecule has 0 aliphatic carbocycles. The van der Waals surface area contributed by atoms with Crippen LogP contribution in [0.4, 0.5) is 10.1 Å². The molecule has 0 bridgehead atoms. The van der Waals surface area contributed by atoms with Crippen LogP contribution in [0.3, 0.4) is 0 Å². The number of rotatable bonds is 5. The molecule has 23 heavy (non-hydrogen) atoms. The van der Waals surface area contributed by atoms with Crippen LogP contribution in [-0.4, -0.2) is 43.4 Å². The predicted molar refractivity (Wildman–Crippen MR) is 97.0 cm³/mol. The summed E-state index contributed by atoms with van der Waals surface area (Å²) >= 11 is 1.80. The van der Waals surface area contributed by atoms with Crippen LogP contribution in [0, 0.1) is 12.7 Å². The molecule has 0 N–H and O–H groups in total. The summed E-state index contributed by atoms with van der Waals surface area (Å²) in [5.74, 6) is 0.886. The Labute approximate surface area is 142 Å². The van der Waals surface area contributed by atoms with Crippen LogP contribution >= 0.6 is 11.8 Å². The fourth-order valence-corrected chi connectivity index (χ4v) is 3.79. The maximum absolute atomic E-state index is 12.9. The maximum atomic E-state index is 12.9. The van der Waals surface area contributed by atoms with Gasteiger partial charge in [-0.15, -0.1) is 11.8 Å². The number of anilines is 1. The lowest BCUT2D eigenvalue weighted by molar-refractivity contribution is 0.273. The Hall–Kier alpha value is -1.52. The van der Waals surface area contributed by atoms with E-state index in [9.17, 15) is 4.39 Å². The van der Waals surface area contributed by atoms with Crippen molar-refractivity contribution in [3.8, 4) is 0 Å². The summed E-state index contributed by atoms with van der Waals surface area (Å²) in [5.41, 5.74) is 2.66. The summed E-state index contributed by atoms with van der Waals surface area (Å²) < 4.78 is 12.9. The summed E-state index contributed by atoms with van der Waals surface area (Å²) in [4.78, 5) is 6.13. The minimum atomic E-state index is -0.165. The highest BCUT2D eigenvalue weighted by atomic mass is 32.2. The molecule has 0 unspecified atom stereocenters. The number of piperazine rings is 1. The third kappa shape index (κ3) is 4.72. The van der Waals surface area contributed by atoms with E-state index in [4.69, 9.17) is 0 Å². The largest absolute Gasteiger partial charge is 0.369 e. The van der Waals surface area contributed by atoms with Gasteiger partial charge in [0, 0.05) is 49.1 Å². The molecule has 1 heterocycles. The smallest absolute Gasteiger partial charge is 0.123 e. The van der Waals surface area contributed by atoms with E-state index in [1.165, 1.54) is 23.4 Å². The van der Waals surface area contributed by atoms with Crippen LogP contribution in [-0.2, 0) is 0 Å². The summed E-state index contributed by atoms with van der Waals surface area (Å²) in [6, 6.07) is 15.5. The first kappa shape index (κ1) is 16.3. The Bertz CT molecular complexity index is 622. The van der Waals surface area contributed by atoms with E-state index in [-0.39, 0.29) is 5.82 Å². The van der Waals surface area contributed by atoms with Crippen molar-refractivity contribution in [1.29, 1.82) is 0 Å². The van der Waals surface area contributed by atoms with Gasteiger partial charge in [0.05, 0.1) is 0 Å². The Balaban J connectivity index is 1.41. The van der Waals surface area contributed by atoms with Crippen LogP contribution in [0.1, 0.15) is 5.56 Å². The summed E-state index contributed by atoms with van der Waals surface area (Å²) in [5, 5.41) is 0. The van der Waals surface area contributed by atoms with Gasteiger partial charge in [-0.2, -0.15) is 0 Å². The van der Waals surface area contributed by atoms with Gasteiger partial charge in [-0.1, -0.05) is 12.1 Å². The van der Waals surface area contributed by atoms with Crippen molar-refractivity contribution in [3.05, 3.63) is 59.9 Å². The molecule has 3 rings (SSSR count). The summed E-state index contributed by atoms with van der Waals surface area (Å²) in [7, 11) is 0. The Morgan fingerprint density at radius 3 is 2.43 bits per heavy atom. The zero-order valence-electron chi connectivity index (χ0n) is 13.5. The van der Waals surface area contributed by atoms with E-state index >= 15 is 0 Å². The molecule has 4 heteroatoms. The van der Waals surface area contributed by atoms with Crippen molar-refractivity contribution >= 4 is 17.4 Å². The summed E-state index contributed by atoms with van der Waals surface area (Å²) in [6.07, 6.45) is 0. The van der Waals surface area contributed by atoms with Gasteiger partial charge in [-0.25, -0.2) is 4.39 Å². The van der Waals surface area contributed by atoms with E-state index in [0.717, 1.165) is 43.4 Å². The van der Waals surface area contributed by atoms with Crippen molar-refractivity contribution in [2.75, 3.05) is 43.4 Å². The van der Waals surface area contributed by atoms with Crippen LogP contribution in [0.15, 0.2) is 53.4 Å². The number of thioether (sulfide) groups is 1. The zero-order chi connectivity index (χ0) is 16.1. The van der Waals surface area contributed by atoms with Crippen LogP contribution in [0.5, 0.6) is 0 Å². The van der Waals surface area contributed by atoms with Gasteiger partial charge >= 0.3 is 0 Å². The minimum Gasteiger partial charge on any atom is -0.369 e. The Morgan fingerprint density at radius 1 is 1.00 bits per heavy atom. The first-order chi connectivity index (χ1) is 11.2. The molecule has 1 aliphatic heterocycles. The van der Waals surface area contributed by atoms with Gasteiger partial charge in [0.15, 0.2) is 0 Å². The van der Waals surface area contributed by atoms with Crippen molar-refractivity contribution in [3.63, 3.8) is 0 Å². The zero-order valence-corrected chi connectivity index (χ0v) is 14.4. The van der Waals surface area contributed by atoms with E-state index in [1.54, 1.807) is 11.8 Å². The fourth-order valence-electron chi connectivity index (χ4n) is 2.88. The van der Waals surface area contributed by atoms with Gasteiger partial charge in [0.2, 0.25) is 0 Å². The van der Waals surface area contributed by atoms with Gasteiger partial charge < -0.3 is 4.90 Å². The predicted octanol–water partition coefficient (Wildman–Crippen LogP) is 4.05. The highest BCUT2D eigenvalue weighted by molar-refractivity contribution is 7.99. The lowest BCUT2D eigenvalue weighted by Crippen LogP contribution is -2.47. The molecule has 0 amide bonds. The highest BCUT2D eigenvalue weighted by Gasteiger charge is 2.16. The second kappa shape index (κ2) is 7.84. The Kier molecular flexibility index (Phi) is 5.57. The molecule has 1 saturated heterocycles. The minimum absolute atomic E-state index is 0.165. The van der Waals surface area contributed by atoms with Crippen molar-refractivity contribution < 1.29 is 4.39 Å². The molecule has 0 atom stereocenters. The highest BCUT2D eigenvalue weighted by Crippen LogP contribution is 2.20. The van der Waals surface area contributed by atoms with E-state index in [2.05, 4.69) is 41.0 Å². The third-order valence-corrected chi connectivity index (χ3v) is 5.22. The number of benzene rings is 2. The molecule has 2 aromatic rings. The average Bonchev–Trinajstić information content (AvgIpc) is 2.57. The van der Waals surface area contributed by atoms with E-state index in [1.807, 2.05) is 12.1 Å². The van der Waals surface area contributed by atoms with Crippen molar-refractivity contribution in [2.24, 2.45) is 0 Å². The summed E-state index contributed by atoms with van der Waals surface area (Å²) in [6.45, 7) is 7.63. The normalized spacial score (nSPS) is 15.8. The van der Waals surface area contributed by atoms with Crippen molar-refractivity contribution in [2.45, 2.75) is 11.8 Å². The molecule has 1 aliphatic rings. The second-order valence-corrected chi connectivity index (χ2v) is 7.14. The van der Waals surface area contributed by atoms with Gasteiger partial charge in [-0.3, -0.25) is 4.90 Å². The number of hydrogen-bond acceptors (Lipinski definition) is 3. The molecular weight excluding hydrogens is 307 g/mol. The number of aryl methyl sites for hydroxylation is 1. The number of nitrogens with zero attached hydrogens (tertiary/aromatic N) is 2. The van der Waals surface area contributed by atoms with Gasteiger partial charge in [-0.05, 0) is 48.9 Å². The second-order valence-electron chi connectivity index (χ2n) is 5.97. The lowest BCUT2D eigenvalue weighted by atomic mass is 10.2. The molecule has 2 nitrogen and oxygen atoms in total. The molecule has 2 aromatic carbocycles. The van der Waals surface area contributed by atoms with E-state index in [0.29, 0.717) is 0 Å². The SMILES string of the molecule is Cc1cccc(N2CCN(CCSc3ccc(F)cc3)CC2)c1. The molecule has 0 spiro atoms. The standard InChI is InChI=1S/C19H23FN2S/c1-16-3-2-4-18(15-16)22-11-9-21(10-12-22)13-14-23-19-7-5-17(20)6-8-19/h2-8,15H,9-14H2,1H3. The van der Waals surface area contributed by atoms with Gasteiger partial charge in [0.25, 0.3) is 0 Å². The molecule has 0 saturated carbocycles. The molecule has 122 valence electrons. The fraction of sp³-hybridized carbons (Fsp3) is 0.368. The molecule has 1 fully saturated rings. The first-order valence-corrected chi connectivity index (χ1v) is 9.11. The lowest BCUT2D eigenvalue weighted by Gasteiger charge is -2.36. The number of hydrogen-bond donors (Lipinski definition) is 0. The van der Waals surface area contributed by atoms with Gasteiger partial charge in [0.1, 0.15) is 5.82 Å². The average molecular weight is 330 g/mol. The Morgan fingerprint density at radius 2 is 1.74 bits per heavy atom. The van der Waals surface area contributed by atoms with Crippen molar-refractivity contribution in [1.82, 2.24) is 4.90 Å².